The highest BCUT2D eigenvalue weighted by Crippen LogP contribution is 2.51. The molecule has 150 valence electrons. The molecule has 0 bridgehead atoms. The van der Waals surface area contributed by atoms with E-state index < -0.39 is 24.8 Å². The topological polar surface area (TPSA) is 78.9 Å². The summed E-state index contributed by atoms with van der Waals surface area (Å²) in [5, 5.41) is 0.287. The lowest BCUT2D eigenvalue weighted by Crippen LogP contribution is -2.23. The summed E-state index contributed by atoms with van der Waals surface area (Å²) in [6, 6.07) is 13.1. The summed E-state index contributed by atoms with van der Waals surface area (Å²) < 4.78 is 29.7. The van der Waals surface area contributed by atoms with Crippen LogP contribution in [0.15, 0.2) is 48.5 Å². The van der Waals surface area contributed by atoms with Gasteiger partial charge >= 0.3 is 5.97 Å². The van der Waals surface area contributed by atoms with E-state index in [-0.39, 0.29) is 34.9 Å². The van der Waals surface area contributed by atoms with Gasteiger partial charge in [0, 0.05) is 5.30 Å². The summed E-state index contributed by atoms with van der Waals surface area (Å²) >= 11 is 0. The quantitative estimate of drug-likeness (QED) is 0.468. The molecule has 0 heterocycles. The van der Waals surface area contributed by atoms with E-state index >= 15 is 0 Å². The number of ether oxygens (including phenoxy) is 3. The van der Waals surface area contributed by atoms with Crippen molar-refractivity contribution in [2.75, 3.05) is 27.0 Å². The van der Waals surface area contributed by atoms with Crippen LogP contribution in [0.25, 0.3) is 0 Å². The van der Waals surface area contributed by atoms with Gasteiger partial charge < -0.3 is 18.8 Å². The van der Waals surface area contributed by atoms with Crippen LogP contribution in [0.4, 0.5) is 0 Å². The standard InChI is InChI=1S/C21H25O6P/c1-15(2)13-27-19(22)14-28(24,16-9-6-5-7-10-16)21(23)20-17(25-3)11-8-12-18(20)26-4/h5-12,15H,13-14H2,1-4H3. The van der Waals surface area contributed by atoms with Crippen LogP contribution in [0.1, 0.15) is 24.2 Å². The van der Waals surface area contributed by atoms with E-state index in [2.05, 4.69) is 0 Å². The zero-order chi connectivity index (χ0) is 20.7. The van der Waals surface area contributed by atoms with Crippen molar-refractivity contribution >= 4 is 23.9 Å². The second-order valence-corrected chi connectivity index (χ2v) is 9.37. The zero-order valence-electron chi connectivity index (χ0n) is 16.5. The molecule has 2 aromatic carbocycles. The van der Waals surface area contributed by atoms with Gasteiger partial charge in [-0.3, -0.25) is 9.59 Å². The average molecular weight is 404 g/mol. The lowest BCUT2D eigenvalue weighted by molar-refractivity contribution is -0.141. The fourth-order valence-corrected chi connectivity index (χ4v) is 4.93. The number of benzene rings is 2. The van der Waals surface area contributed by atoms with Crippen LogP contribution in [-0.4, -0.2) is 38.5 Å². The largest absolute Gasteiger partial charge is 0.496 e. The molecular weight excluding hydrogens is 379 g/mol. The maximum atomic E-state index is 13.9. The lowest BCUT2D eigenvalue weighted by Gasteiger charge is -2.20. The first-order chi connectivity index (χ1) is 13.3. The lowest BCUT2D eigenvalue weighted by atomic mass is 10.2. The van der Waals surface area contributed by atoms with Crippen LogP contribution in [0.5, 0.6) is 11.5 Å². The van der Waals surface area contributed by atoms with Crippen molar-refractivity contribution in [3.05, 3.63) is 54.1 Å². The fraction of sp³-hybridized carbons (Fsp3) is 0.333. The van der Waals surface area contributed by atoms with Gasteiger partial charge in [0.15, 0.2) is 7.14 Å². The Kier molecular flexibility index (Phi) is 7.41. The fourth-order valence-electron chi connectivity index (χ4n) is 2.68. The zero-order valence-corrected chi connectivity index (χ0v) is 17.4. The third-order valence-corrected chi connectivity index (χ3v) is 6.79. The highest BCUT2D eigenvalue weighted by Gasteiger charge is 2.40. The second-order valence-electron chi connectivity index (χ2n) is 6.65. The molecule has 0 N–H and O–H groups in total. The highest BCUT2D eigenvalue weighted by atomic mass is 31.2. The number of carbonyl (C=O) groups is 2. The summed E-state index contributed by atoms with van der Waals surface area (Å²) in [7, 11) is -1.03. The number of esters is 1. The minimum atomic E-state index is -3.85. The summed E-state index contributed by atoms with van der Waals surface area (Å²) in [5.41, 5.74) is -0.647. The van der Waals surface area contributed by atoms with Gasteiger partial charge in [-0.15, -0.1) is 0 Å². The summed E-state index contributed by atoms with van der Waals surface area (Å²) in [6.45, 7) is 3.99. The third kappa shape index (κ3) is 4.82. The predicted octanol–water partition coefficient (Wildman–Crippen LogP) is 3.73. The first kappa shape index (κ1) is 21.7. The van der Waals surface area contributed by atoms with Crippen LogP contribution < -0.4 is 14.8 Å². The van der Waals surface area contributed by atoms with Crippen molar-refractivity contribution in [3.63, 3.8) is 0 Å². The normalized spacial score (nSPS) is 12.9. The van der Waals surface area contributed by atoms with Crippen molar-refractivity contribution in [3.8, 4) is 11.5 Å². The minimum absolute atomic E-state index is 0.0522. The van der Waals surface area contributed by atoms with Crippen molar-refractivity contribution in [2.24, 2.45) is 5.92 Å². The average Bonchev–Trinajstić information content (AvgIpc) is 2.71. The molecule has 0 aliphatic carbocycles. The van der Waals surface area contributed by atoms with Gasteiger partial charge in [-0.2, -0.15) is 0 Å². The number of carbonyl (C=O) groups excluding carboxylic acids is 2. The molecule has 0 aliphatic heterocycles. The van der Waals surface area contributed by atoms with E-state index in [0.29, 0.717) is 0 Å². The molecule has 28 heavy (non-hydrogen) atoms. The third-order valence-electron chi connectivity index (χ3n) is 4.07. The Hall–Kier alpha value is -2.59. The molecule has 0 saturated carbocycles. The molecule has 1 atom stereocenters. The van der Waals surface area contributed by atoms with Crippen LogP contribution in [0.2, 0.25) is 0 Å². The van der Waals surface area contributed by atoms with E-state index in [0.717, 1.165) is 0 Å². The monoisotopic (exact) mass is 404 g/mol. The van der Waals surface area contributed by atoms with Gasteiger partial charge in [-0.1, -0.05) is 50.2 Å². The molecule has 0 saturated heterocycles. The smallest absolute Gasteiger partial charge is 0.314 e. The van der Waals surface area contributed by atoms with Gasteiger partial charge in [0.1, 0.15) is 23.2 Å². The van der Waals surface area contributed by atoms with E-state index in [1.165, 1.54) is 14.2 Å². The second kappa shape index (κ2) is 9.56. The number of hydrogen-bond donors (Lipinski definition) is 0. The Balaban J connectivity index is 2.53. The van der Waals surface area contributed by atoms with Crippen LogP contribution in [0.3, 0.4) is 0 Å². The van der Waals surface area contributed by atoms with E-state index in [9.17, 15) is 14.2 Å². The molecule has 7 heteroatoms. The molecule has 0 aromatic heterocycles. The first-order valence-electron chi connectivity index (χ1n) is 8.89. The number of hydrogen-bond acceptors (Lipinski definition) is 6. The molecule has 2 rings (SSSR count). The van der Waals surface area contributed by atoms with E-state index in [4.69, 9.17) is 14.2 Å². The molecule has 0 spiro atoms. The molecule has 1 unspecified atom stereocenters. The predicted molar refractivity (Wildman–Crippen MR) is 108 cm³/mol. The molecule has 0 amide bonds. The summed E-state index contributed by atoms with van der Waals surface area (Å²) in [6.07, 6.45) is -0.524. The van der Waals surface area contributed by atoms with Crippen LogP contribution in [0, 0.1) is 5.92 Å². The Morgan fingerprint density at radius 2 is 1.50 bits per heavy atom. The van der Waals surface area contributed by atoms with Crippen LogP contribution in [-0.2, 0) is 14.1 Å². The van der Waals surface area contributed by atoms with Crippen LogP contribution >= 0.6 is 7.14 Å². The molecule has 0 aliphatic rings. The van der Waals surface area contributed by atoms with Gasteiger partial charge in [0.05, 0.1) is 20.8 Å². The first-order valence-corrected chi connectivity index (χ1v) is 10.8. The SMILES string of the molecule is COc1cccc(OC)c1C(=O)P(=O)(CC(=O)OCC(C)C)c1ccccc1. The Morgan fingerprint density at radius 1 is 0.929 bits per heavy atom. The highest BCUT2D eigenvalue weighted by molar-refractivity contribution is 7.88. The van der Waals surface area contributed by atoms with Gasteiger partial charge in [0.2, 0.25) is 5.52 Å². The summed E-state index contributed by atoms with van der Waals surface area (Å²) in [4.78, 5) is 25.8. The van der Waals surface area contributed by atoms with Gasteiger partial charge in [-0.05, 0) is 18.1 Å². The van der Waals surface area contributed by atoms with Crippen molar-refractivity contribution in [1.82, 2.24) is 0 Å². The molecule has 0 fully saturated rings. The maximum absolute atomic E-state index is 13.9. The minimum Gasteiger partial charge on any atom is -0.496 e. The van der Waals surface area contributed by atoms with E-state index in [1.54, 1.807) is 48.5 Å². The molecular formula is C21H25O6P. The molecule has 6 nitrogen and oxygen atoms in total. The Morgan fingerprint density at radius 3 is 2.00 bits per heavy atom. The van der Waals surface area contributed by atoms with Crippen molar-refractivity contribution in [2.45, 2.75) is 13.8 Å². The molecule has 2 aromatic rings. The molecule has 0 radical (unpaired) electrons. The van der Waals surface area contributed by atoms with Gasteiger partial charge in [0.25, 0.3) is 0 Å². The van der Waals surface area contributed by atoms with Gasteiger partial charge in [-0.25, -0.2) is 0 Å². The maximum Gasteiger partial charge on any atom is 0.314 e. The van der Waals surface area contributed by atoms with Crippen molar-refractivity contribution < 1.29 is 28.4 Å². The summed E-state index contributed by atoms with van der Waals surface area (Å²) in [5.74, 6) is -0.0831. The number of methoxy groups -OCH3 is 2. The number of rotatable bonds is 9. The Bertz CT molecular complexity index is 853. The van der Waals surface area contributed by atoms with Crippen molar-refractivity contribution in [1.29, 1.82) is 0 Å². The van der Waals surface area contributed by atoms with E-state index in [1.807, 2.05) is 13.8 Å². The Labute approximate surface area is 165 Å².